The molecule has 2 heterocycles. The highest BCUT2D eigenvalue weighted by molar-refractivity contribution is 5.78. The van der Waals surface area contributed by atoms with Gasteiger partial charge in [0.15, 0.2) is 11.6 Å². The van der Waals surface area contributed by atoms with Gasteiger partial charge >= 0.3 is 0 Å². The van der Waals surface area contributed by atoms with E-state index in [0.717, 1.165) is 50.9 Å². The van der Waals surface area contributed by atoms with Crippen molar-refractivity contribution in [3.63, 3.8) is 0 Å². The first-order valence-electron chi connectivity index (χ1n) is 8.19. The zero-order valence-electron chi connectivity index (χ0n) is 14.1. The Balaban J connectivity index is 1.95. The molecule has 0 atom stereocenters. The van der Waals surface area contributed by atoms with E-state index in [2.05, 4.69) is 33.8 Å². The summed E-state index contributed by atoms with van der Waals surface area (Å²) in [4.78, 5) is 18.3. The second-order valence-corrected chi connectivity index (χ2v) is 5.89. The van der Waals surface area contributed by atoms with Crippen molar-refractivity contribution in [1.82, 2.24) is 15.1 Å². The molecule has 1 saturated heterocycles. The fourth-order valence-corrected chi connectivity index (χ4v) is 2.72. The van der Waals surface area contributed by atoms with Crippen molar-refractivity contribution in [2.24, 2.45) is 5.92 Å². The fourth-order valence-electron chi connectivity index (χ4n) is 2.72. The van der Waals surface area contributed by atoms with E-state index in [-0.39, 0.29) is 11.8 Å². The average molecular weight is 305 g/mol. The van der Waals surface area contributed by atoms with Crippen LogP contribution in [0, 0.1) is 5.92 Å². The van der Waals surface area contributed by atoms with Gasteiger partial charge in [-0.05, 0) is 26.0 Å². The fraction of sp³-hybridized carbons (Fsp3) is 0.688. The molecular formula is C16H27N5O. The normalized spacial score (nSPS) is 15.3. The second kappa shape index (κ2) is 7.42. The lowest BCUT2D eigenvalue weighted by Crippen LogP contribution is -2.50. The summed E-state index contributed by atoms with van der Waals surface area (Å²) < 4.78 is 0. The van der Waals surface area contributed by atoms with E-state index in [0.29, 0.717) is 0 Å². The number of piperazine rings is 1. The molecule has 0 N–H and O–H groups in total. The van der Waals surface area contributed by atoms with Crippen molar-refractivity contribution in [3.8, 4) is 0 Å². The van der Waals surface area contributed by atoms with Gasteiger partial charge in [-0.2, -0.15) is 0 Å². The quantitative estimate of drug-likeness (QED) is 0.827. The second-order valence-electron chi connectivity index (χ2n) is 5.89. The molecule has 1 fully saturated rings. The molecule has 6 nitrogen and oxygen atoms in total. The van der Waals surface area contributed by atoms with Crippen LogP contribution in [0.3, 0.4) is 0 Å². The third-order valence-corrected chi connectivity index (χ3v) is 4.13. The Hall–Kier alpha value is -1.85. The van der Waals surface area contributed by atoms with Crippen LogP contribution in [0.2, 0.25) is 0 Å². The van der Waals surface area contributed by atoms with Gasteiger partial charge in [0.1, 0.15) is 0 Å². The van der Waals surface area contributed by atoms with Crippen LogP contribution in [0.4, 0.5) is 11.6 Å². The molecule has 122 valence electrons. The lowest BCUT2D eigenvalue weighted by atomic mass is 10.1. The standard InChI is InChI=1S/C16H27N5O/c1-5-19(6-2)14-7-8-15(18-17-14)20-9-11-21(12-10-20)16(22)13(3)4/h7-8,13H,5-6,9-12H2,1-4H3. The van der Waals surface area contributed by atoms with Crippen LogP contribution < -0.4 is 9.80 Å². The molecule has 6 heteroatoms. The third kappa shape index (κ3) is 3.67. The predicted molar refractivity (Wildman–Crippen MR) is 89.2 cm³/mol. The average Bonchev–Trinajstić information content (AvgIpc) is 2.56. The van der Waals surface area contributed by atoms with Gasteiger partial charge in [0, 0.05) is 45.2 Å². The Morgan fingerprint density at radius 3 is 2.23 bits per heavy atom. The van der Waals surface area contributed by atoms with Crippen LogP contribution in [-0.2, 0) is 4.79 Å². The highest BCUT2D eigenvalue weighted by atomic mass is 16.2. The van der Waals surface area contributed by atoms with E-state index in [1.54, 1.807) is 0 Å². The number of aromatic nitrogens is 2. The number of nitrogens with zero attached hydrogens (tertiary/aromatic N) is 5. The summed E-state index contributed by atoms with van der Waals surface area (Å²) >= 11 is 0. The molecule has 1 aliphatic rings. The van der Waals surface area contributed by atoms with Crippen LogP contribution >= 0.6 is 0 Å². The van der Waals surface area contributed by atoms with Crippen LogP contribution in [-0.4, -0.2) is 60.3 Å². The number of hydrogen-bond acceptors (Lipinski definition) is 5. The van der Waals surface area contributed by atoms with Crippen molar-refractivity contribution < 1.29 is 4.79 Å². The zero-order valence-corrected chi connectivity index (χ0v) is 14.1. The van der Waals surface area contributed by atoms with E-state index >= 15 is 0 Å². The van der Waals surface area contributed by atoms with Gasteiger partial charge in [0.05, 0.1) is 0 Å². The van der Waals surface area contributed by atoms with E-state index in [1.165, 1.54) is 0 Å². The summed E-state index contributed by atoms with van der Waals surface area (Å²) in [5.41, 5.74) is 0. The number of carbonyl (C=O) groups excluding carboxylic acids is 1. The maximum absolute atomic E-state index is 12.0. The molecule has 0 aromatic carbocycles. The molecule has 0 unspecified atom stereocenters. The summed E-state index contributed by atoms with van der Waals surface area (Å²) in [6, 6.07) is 4.06. The maximum atomic E-state index is 12.0. The van der Waals surface area contributed by atoms with Crippen molar-refractivity contribution in [2.45, 2.75) is 27.7 Å². The van der Waals surface area contributed by atoms with Gasteiger partial charge in [-0.3, -0.25) is 4.79 Å². The first-order valence-corrected chi connectivity index (χ1v) is 8.19. The van der Waals surface area contributed by atoms with Crippen molar-refractivity contribution in [2.75, 3.05) is 49.1 Å². The molecule has 1 aliphatic heterocycles. The SMILES string of the molecule is CCN(CC)c1ccc(N2CCN(C(=O)C(C)C)CC2)nn1. The van der Waals surface area contributed by atoms with Gasteiger partial charge < -0.3 is 14.7 Å². The minimum atomic E-state index is 0.0692. The van der Waals surface area contributed by atoms with Crippen LogP contribution in [0.25, 0.3) is 0 Å². The highest BCUT2D eigenvalue weighted by Crippen LogP contribution is 2.17. The maximum Gasteiger partial charge on any atom is 0.225 e. The molecule has 0 bridgehead atoms. The molecule has 0 aliphatic carbocycles. The van der Waals surface area contributed by atoms with E-state index in [1.807, 2.05) is 30.9 Å². The molecule has 1 aromatic rings. The Morgan fingerprint density at radius 2 is 1.77 bits per heavy atom. The van der Waals surface area contributed by atoms with E-state index in [4.69, 9.17) is 0 Å². The van der Waals surface area contributed by atoms with Crippen LogP contribution in [0.5, 0.6) is 0 Å². The Kier molecular flexibility index (Phi) is 5.57. The summed E-state index contributed by atoms with van der Waals surface area (Å²) in [7, 11) is 0. The zero-order chi connectivity index (χ0) is 16.1. The van der Waals surface area contributed by atoms with Crippen LogP contribution in [0.15, 0.2) is 12.1 Å². The van der Waals surface area contributed by atoms with Crippen LogP contribution in [0.1, 0.15) is 27.7 Å². The third-order valence-electron chi connectivity index (χ3n) is 4.13. The molecule has 0 spiro atoms. The molecule has 22 heavy (non-hydrogen) atoms. The van der Waals surface area contributed by atoms with E-state index in [9.17, 15) is 4.79 Å². The van der Waals surface area contributed by atoms with Crippen molar-refractivity contribution in [3.05, 3.63) is 12.1 Å². The Labute approximate surface area is 133 Å². The number of anilines is 2. The van der Waals surface area contributed by atoms with Gasteiger partial charge in [0.25, 0.3) is 0 Å². The topological polar surface area (TPSA) is 52.6 Å². The summed E-state index contributed by atoms with van der Waals surface area (Å²) in [6.45, 7) is 13.1. The molecular weight excluding hydrogens is 278 g/mol. The molecule has 0 saturated carbocycles. The number of amides is 1. The van der Waals surface area contributed by atoms with Gasteiger partial charge in [-0.25, -0.2) is 0 Å². The van der Waals surface area contributed by atoms with Gasteiger partial charge in [-0.1, -0.05) is 13.8 Å². The van der Waals surface area contributed by atoms with Gasteiger partial charge in [-0.15, -0.1) is 10.2 Å². The number of hydrogen-bond donors (Lipinski definition) is 0. The monoisotopic (exact) mass is 305 g/mol. The molecule has 0 radical (unpaired) electrons. The minimum Gasteiger partial charge on any atom is -0.356 e. The minimum absolute atomic E-state index is 0.0692. The molecule has 1 aromatic heterocycles. The van der Waals surface area contributed by atoms with Crippen molar-refractivity contribution in [1.29, 1.82) is 0 Å². The van der Waals surface area contributed by atoms with E-state index < -0.39 is 0 Å². The van der Waals surface area contributed by atoms with Crippen molar-refractivity contribution >= 4 is 17.5 Å². The summed E-state index contributed by atoms with van der Waals surface area (Å²) in [5.74, 6) is 2.12. The summed E-state index contributed by atoms with van der Waals surface area (Å²) in [5, 5.41) is 8.69. The Morgan fingerprint density at radius 1 is 1.14 bits per heavy atom. The van der Waals surface area contributed by atoms with Gasteiger partial charge in [0.2, 0.25) is 5.91 Å². The first kappa shape index (κ1) is 16.5. The predicted octanol–water partition coefficient (Wildman–Crippen LogP) is 1.63. The number of carbonyl (C=O) groups is 1. The lowest BCUT2D eigenvalue weighted by molar-refractivity contribution is -0.134. The largest absolute Gasteiger partial charge is 0.356 e. The highest BCUT2D eigenvalue weighted by Gasteiger charge is 2.23. The lowest BCUT2D eigenvalue weighted by Gasteiger charge is -2.36. The Bertz CT molecular complexity index is 476. The smallest absolute Gasteiger partial charge is 0.225 e. The molecule has 1 amide bonds. The molecule has 2 rings (SSSR count). The first-order chi connectivity index (χ1) is 10.6. The summed E-state index contributed by atoms with van der Waals surface area (Å²) in [6.07, 6.45) is 0. The number of rotatable bonds is 5.